The molecule has 0 bridgehead atoms. The molecule has 0 spiro atoms. The van der Waals surface area contributed by atoms with Crippen LogP contribution in [0.3, 0.4) is 0 Å². The fourth-order valence-corrected chi connectivity index (χ4v) is 2.45. The quantitative estimate of drug-likeness (QED) is 0.699. The predicted molar refractivity (Wildman–Crippen MR) is 97.5 cm³/mol. The summed E-state index contributed by atoms with van der Waals surface area (Å²) in [6.07, 6.45) is -0.237. The highest BCUT2D eigenvalue weighted by atomic mass is 35.5. The van der Waals surface area contributed by atoms with E-state index in [4.69, 9.17) is 26.2 Å². The van der Waals surface area contributed by atoms with Crippen LogP contribution in [0.4, 0.5) is 0 Å². The zero-order chi connectivity index (χ0) is 18.9. The first kappa shape index (κ1) is 19.6. The topological polar surface area (TPSA) is 84.9 Å². The molecule has 2 N–H and O–H groups in total. The van der Waals surface area contributed by atoms with Crippen molar-refractivity contribution in [1.82, 2.24) is 5.32 Å². The second-order valence-corrected chi connectivity index (χ2v) is 6.01. The third-order valence-corrected chi connectivity index (χ3v) is 3.80. The summed E-state index contributed by atoms with van der Waals surface area (Å²) in [5.74, 6) is -0.187. The number of carbonyl (C=O) groups is 2. The molecule has 26 heavy (non-hydrogen) atoms. The lowest BCUT2D eigenvalue weighted by Gasteiger charge is -2.13. The van der Waals surface area contributed by atoms with Gasteiger partial charge in [0, 0.05) is 18.0 Å². The maximum Gasteiger partial charge on any atom is 0.303 e. The number of benzene rings is 2. The van der Waals surface area contributed by atoms with Crippen LogP contribution in [-0.2, 0) is 22.7 Å². The summed E-state index contributed by atoms with van der Waals surface area (Å²) in [4.78, 5) is 22.1. The van der Waals surface area contributed by atoms with E-state index in [1.54, 1.807) is 18.2 Å². The summed E-state index contributed by atoms with van der Waals surface area (Å²) in [5, 5.41) is 11.9. The average Bonchev–Trinajstić information content (AvgIpc) is 2.63. The molecule has 0 heterocycles. The van der Waals surface area contributed by atoms with Crippen LogP contribution in [0, 0.1) is 0 Å². The largest absolute Gasteiger partial charge is 0.493 e. The number of carboxylic acids is 1. The van der Waals surface area contributed by atoms with Gasteiger partial charge < -0.3 is 19.9 Å². The lowest BCUT2D eigenvalue weighted by atomic mass is 10.2. The van der Waals surface area contributed by atoms with E-state index in [1.807, 2.05) is 24.3 Å². The Kier molecular flexibility index (Phi) is 7.29. The molecule has 7 heteroatoms. The van der Waals surface area contributed by atoms with E-state index in [1.165, 1.54) is 7.11 Å². The molecule has 0 saturated heterocycles. The molecule has 6 nitrogen and oxygen atoms in total. The van der Waals surface area contributed by atoms with E-state index < -0.39 is 5.97 Å². The Labute approximate surface area is 156 Å². The van der Waals surface area contributed by atoms with E-state index in [9.17, 15) is 9.59 Å². The van der Waals surface area contributed by atoms with E-state index in [2.05, 4.69) is 5.32 Å². The van der Waals surface area contributed by atoms with Crippen molar-refractivity contribution >= 4 is 23.5 Å². The summed E-state index contributed by atoms with van der Waals surface area (Å²) in [7, 11) is 1.54. The van der Waals surface area contributed by atoms with Gasteiger partial charge in [0.2, 0.25) is 5.91 Å². The first-order chi connectivity index (χ1) is 12.5. The summed E-state index contributed by atoms with van der Waals surface area (Å²) in [6, 6.07) is 12.7. The van der Waals surface area contributed by atoms with Crippen molar-refractivity contribution < 1.29 is 24.2 Å². The fraction of sp³-hybridized carbons (Fsp3) is 0.263. The van der Waals surface area contributed by atoms with Crippen LogP contribution in [0.5, 0.6) is 11.5 Å². The second kappa shape index (κ2) is 9.68. The van der Waals surface area contributed by atoms with E-state index in [0.717, 1.165) is 11.1 Å². The molecule has 2 rings (SSSR count). The minimum Gasteiger partial charge on any atom is -0.493 e. The van der Waals surface area contributed by atoms with Gasteiger partial charge in [-0.15, -0.1) is 0 Å². The highest BCUT2D eigenvalue weighted by Gasteiger charge is 2.09. The number of carboxylic acid groups (broad SMARTS) is 1. The van der Waals surface area contributed by atoms with Crippen molar-refractivity contribution in [3.05, 3.63) is 58.6 Å². The monoisotopic (exact) mass is 377 g/mol. The molecule has 0 radical (unpaired) electrons. The van der Waals surface area contributed by atoms with E-state index >= 15 is 0 Å². The number of hydrogen-bond acceptors (Lipinski definition) is 4. The van der Waals surface area contributed by atoms with Crippen LogP contribution < -0.4 is 14.8 Å². The Bertz CT molecular complexity index is 778. The summed E-state index contributed by atoms with van der Waals surface area (Å²) in [6.45, 7) is 0.631. The maximum absolute atomic E-state index is 11.6. The Balaban J connectivity index is 1.94. The second-order valence-electron chi connectivity index (χ2n) is 5.57. The third-order valence-electron chi connectivity index (χ3n) is 3.57. The van der Waals surface area contributed by atoms with Gasteiger partial charge in [-0.3, -0.25) is 9.59 Å². The Morgan fingerprint density at radius 1 is 1.08 bits per heavy atom. The van der Waals surface area contributed by atoms with Crippen LogP contribution in [0.2, 0.25) is 5.02 Å². The molecule has 2 aromatic carbocycles. The molecule has 0 atom stereocenters. The number of aliphatic carboxylic acids is 1. The summed E-state index contributed by atoms with van der Waals surface area (Å²) >= 11 is 5.96. The van der Waals surface area contributed by atoms with Crippen molar-refractivity contribution in [3.63, 3.8) is 0 Å². The predicted octanol–water partition coefficient (Wildman–Crippen LogP) is 3.41. The zero-order valence-electron chi connectivity index (χ0n) is 14.3. The van der Waals surface area contributed by atoms with Crippen LogP contribution in [0.25, 0.3) is 0 Å². The van der Waals surface area contributed by atoms with Gasteiger partial charge in [0.15, 0.2) is 11.5 Å². The molecule has 0 fully saturated rings. The molecular formula is C19H20ClNO5. The molecular weight excluding hydrogens is 358 g/mol. The molecule has 0 aliphatic rings. The molecule has 1 amide bonds. The van der Waals surface area contributed by atoms with Crippen LogP contribution in [0.15, 0.2) is 42.5 Å². The average molecular weight is 378 g/mol. The Morgan fingerprint density at radius 3 is 2.58 bits per heavy atom. The van der Waals surface area contributed by atoms with Gasteiger partial charge in [0.25, 0.3) is 0 Å². The van der Waals surface area contributed by atoms with Crippen molar-refractivity contribution in [3.8, 4) is 11.5 Å². The van der Waals surface area contributed by atoms with Crippen molar-refractivity contribution in [2.45, 2.75) is 26.0 Å². The van der Waals surface area contributed by atoms with Crippen molar-refractivity contribution in [2.75, 3.05) is 7.11 Å². The first-order valence-electron chi connectivity index (χ1n) is 8.00. The lowest BCUT2D eigenvalue weighted by molar-refractivity contribution is -0.138. The van der Waals surface area contributed by atoms with Crippen LogP contribution in [0.1, 0.15) is 24.0 Å². The molecule has 0 aliphatic heterocycles. The minimum absolute atomic E-state index is 0.0483. The smallest absolute Gasteiger partial charge is 0.303 e. The van der Waals surface area contributed by atoms with Gasteiger partial charge in [-0.2, -0.15) is 0 Å². The minimum atomic E-state index is -0.997. The number of amides is 1. The molecule has 138 valence electrons. The summed E-state index contributed by atoms with van der Waals surface area (Å²) in [5.41, 5.74) is 1.76. The number of methoxy groups -OCH3 is 1. The first-order valence-corrected chi connectivity index (χ1v) is 8.38. The highest BCUT2D eigenvalue weighted by molar-refractivity contribution is 6.30. The van der Waals surface area contributed by atoms with Gasteiger partial charge >= 0.3 is 5.97 Å². The van der Waals surface area contributed by atoms with Crippen LogP contribution >= 0.6 is 11.6 Å². The number of rotatable bonds is 9. The van der Waals surface area contributed by atoms with Crippen molar-refractivity contribution in [1.29, 1.82) is 0 Å². The Morgan fingerprint density at radius 2 is 1.88 bits per heavy atom. The number of halogens is 1. The number of ether oxygens (including phenoxy) is 2. The maximum atomic E-state index is 11.6. The molecule has 0 unspecified atom stereocenters. The van der Waals surface area contributed by atoms with Crippen LogP contribution in [-0.4, -0.2) is 24.1 Å². The van der Waals surface area contributed by atoms with Gasteiger partial charge in [-0.25, -0.2) is 0 Å². The number of nitrogens with one attached hydrogen (secondary N) is 1. The number of hydrogen-bond donors (Lipinski definition) is 2. The lowest BCUT2D eigenvalue weighted by Crippen LogP contribution is -2.23. The third kappa shape index (κ3) is 6.29. The number of carbonyl (C=O) groups excluding carboxylic acids is 1. The van der Waals surface area contributed by atoms with Crippen molar-refractivity contribution in [2.24, 2.45) is 0 Å². The van der Waals surface area contributed by atoms with Gasteiger partial charge in [-0.05, 0) is 35.4 Å². The molecule has 0 saturated carbocycles. The molecule has 0 aromatic heterocycles. The molecule has 0 aliphatic carbocycles. The fourth-order valence-electron chi connectivity index (χ4n) is 2.24. The van der Waals surface area contributed by atoms with Gasteiger partial charge in [-0.1, -0.05) is 29.8 Å². The normalized spacial score (nSPS) is 10.2. The molecule has 2 aromatic rings. The van der Waals surface area contributed by atoms with E-state index in [-0.39, 0.29) is 25.3 Å². The van der Waals surface area contributed by atoms with E-state index in [0.29, 0.717) is 23.1 Å². The van der Waals surface area contributed by atoms with Gasteiger partial charge in [0.1, 0.15) is 6.61 Å². The SMILES string of the molecule is COc1cc(CNC(=O)CCC(=O)O)ccc1OCc1cccc(Cl)c1. The highest BCUT2D eigenvalue weighted by Crippen LogP contribution is 2.29. The zero-order valence-corrected chi connectivity index (χ0v) is 15.1. The summed E-state index contributed by atoms with van der Waals surface area (Å²) < 4.78 is 11.1. The standard InChI is InChI=1S/C19H20ClNO5/c1-25-17-10-13(11-21-18(22)7-8-19(23)24)5-6-16(17)26-12-14-3-2-4-15(20)9-14/h2-6,9-10H,7-8,11-12H2,1H3,(H,21,22)(H,23,24). The Hall–Kier alpha value is -2.73. The van der Waals surface area contributed by atoms with Gasteiger partial charge in [0.05, 0.1) is 13.5 Å².